The molecule has 2 heteroatoms. The lowest BCUT2D eigenvalue weighted by Crippen LogP contribution is -2.17. The highest BCUT2D eigenvalue weighted by atomic mass is 32.1. The first-order chi connectivity index (χ1) is 25.1. The third-order valence-electron chi connectivity index (χ3n) is 10.9. The number of hydrogen-bond donors (Lipinski definition) is 0. The van der Waals surface area contributed by atoms with Gasteiger partial charge in [-0.25, -0.2) is 0 Å². The van der Waals surface area contributed by atoms with Crippen LogP contribution in [-0.2, 0) is 5.41 Å². The van der Waals surface area contributed by atoms with Crippen molar-refractivity contribution in [1.29, 1.82) is 0 Å². The van der Waals surface area contributed by atoms with E-state index in [1.165, 1.54) is 75.5 Å². The fraction of sp³-hybridized carbons (Fsp3) is 0.0612. The number of hydrogen-bond acceptors (Lipinski definition) is 2. The van der Waals surface area contributed by atoms with Crippen molar-refractivity contribution in [3.8, 4) is 33.4 Å². The molecule has 0 bridgehead atoms. The van der Waals surface area contributed by atoms with Crippen LogP contribution in [-0.4, -0.2) is 0 Å². The lowest BCUT2D eigenvalue weighted by molar-refractivity contribution is 0.660. The number of benzene rings is 8. The molecule has 1 aliphatic rings. The van der Waals surface area contributed by atoms with E-state index >= 15 is 0 Å². The summed E-state index contributed by atoms with van der Waals surface area (Å²) in [6.45, 7) is 4.74. The summed E-state index contributed by atoms with van der Waals surface area (Å²) >= 11 is 1.89. The van der Waals surface area contributed by atoms with E-state index in [9.17, 15) is 0 Å². The Labute approximate surface area is 302 Å². The minimum atomic E-state index is -0.124. The minimum Gasteiger partial charge on any atom is -0.309 e. The predicted octanol–water partition coefficient (Wildman–Crippen LogP) is 14.3. The van der Waals surface area contributed by atoms with E-state index < -0.39 is 0 Å². The molecule has 10 rings (SSSR count). The first-order valence-electron chi connectivity index (χ1n) is 17.7. The molecule has 0 N–H and O–H groups in total. The highest BCUT2D eigenvalue weighted by Gasteiger charge is 2.36. The van der Waals surface area contributed by atoms with Gasteiger partial charge >= 0.3 is 0 Å². The maximum absolute atomic E-state index is 2.52. The van der Waals surface area contributed by atoms with Gasteiger partial charge in [-0.2, -0.15) is 0 Å². The summed E-state index contributed by atoms with van der Waals surface area (Å²) in [6.07, 6.45) is 0. The average Bonchev–Trinajstić information content (AvgIpc) is 3.67. The van der Waals surface area contributed by atoms with Gasteiger partial charge in [-0.05, 0) is 68.9 Å². The van der Waals surface area contributed by atoms with Crippen molar-refractivity contribution in [2.75, 3.05) is 4.90 Å². The standard InChI is InChI=1S/C49H35NS/c1-49(2)42-24-11-8-19-36(42)37-29-28-34(31-43(37)49)50(45-30-27-32-15-6-7-18-35(32)47(45)33-16-4-3-5-17-33)44-25-12-9-20-38(44)40-22-14-23-41-39-21-10-13-26-46(39)51-48(40)41/h3-31H,1-2H3. The van der Waals surface area contributed by atoms with E-state index in [2.05, 4.69) is 195 Å². The van der Waals surface area contributed by atoms with Crippen molar-refractivity contribution >= 4 is 59.3 Å². The lowest BCUT2D eigenvalue weighted by Gasteiger charge is -2.32. The molecule has 0 atom stereocenters. The Hall–Kier alpha value is -5.96. The molecule has 0 amide bonds. The van der Waals surface area contributed by atoms with Gasteiger partial charge in [0.1, 0.15) is 0 Å². The number of nitrogens with zero attached hydrogens (tertiary/aromatic N) is 1. The summed E-state index contributed by atoms with van der Waals surface area (Å²) < 4.78 is 2.63. The minimum absolute atomic E-state index is 0.124. The van der Waals surface area contributed by atoms with E-state index in [1.807, 2.05) is 11.3 Å². The van der Waals surface area contributed by atoms with Gasteiger partial charge < -0.3 is 4.90 Å². The average molecular weight is 670 g/mol. The molecule has 1 nitrogen and oxygen atoms in total. The van der Waals surface area contributed by atoms with Crippen molar-refractivity contribution in [2.45, 2.75) is 19.3 Å². The second-order valence-corrected chi connectivity index (χ2v) is 15.1. The molecule has 0 radical (unpaired) electrons. The second-order valence-electron chi connectivity index (χ2n) is 14.1. The molecule has 1 aliphatic carbocycles. The highest BCUT2D eigenvalue weighted by molar-refractivity contribution is 7.26. The first kappa shape index (κ1) is 29.9. The van der Waals surface area contributed by atoms with Crippen LogP contribution in [0, 0.1) is 0 Å². The van der Waals surface area contributed by atoms with E-state index in [1.54, 1.807) is 0 Å². The van der Waals surface area contributed by atoms with Gasteiger partial charge in [-0.3, -0.25) is 0 Å². The molecule has 0 aliphatic heterocycles. The maximum Gasteiger partial charge on any atom is 0.0546 e. The van der Waals surface area contributed by atoms with Crippen LogP contribution in [0.2, 0.25) is 0 Å². The highest BCUT2D eigenvalue weighted by Crippen LogP contribution is 2.53. The molecule has 1 aromatic heterocycles. The number of thiophene rings is 1. The molecule has 242 valence electrons. The predicted molar refractivity (Wildman–Crippen MR) is 220 cm³/mol. The van der Waals surface area contributed by atoms with Crippen LogP contribution in [0.1, 0.15) is 25.0 Å². The van der Waals surface area contributed by atoms with E-state index in [0.717, 1.165) is 17.1 Å². The van der Waals surface area contributed by atoms with Crippen molar-refractivity contribution in [2.24, 2.45) is 0 Å². The summed E-state index contributed by atoms with van der Waals surface area (Å²) in [4.78, 5) is 2.52. The number of fused-ring (bicyclic) bond motifs is 7. The fourth-order valence-corrected chi connectivity index (χ4v) is 9.68. The smallest absolute Gasteiger partial charge is 0.0546 e. The summed E-state index contributed by atoms with van der Waals surface area (Å²) in [6, 6.07) is 64.9. The summed E-state index contributed by atoms with van der Waals surface area (Å²) in [7, 11) is 0. The van der Waals surface area contributed by atoms with Crippen LogP contribution in [0.3, 0.4) is 0 Å². The second kappa shape index (κ2) is 11.6. The van der Waals surface area contributed by atoms with Crippen LogP contribution < -0.4 is 4.90 Å². The molecule has 0 saturated carbocycles. The van der Waals surface area contributed by atoms with Gasteiger partial charge in [-0.1, -0.05) is 159 Å². The third kappa shape index (κ3) is 4.60. The topological polar surface area (TPSA) is 3.24 Å². The van der Waals surface area contributed by atoms with Crippen LogP contribution in [0.25, 0.3) is 64.3 Å². The summed E-state index contributed by atoms with van der Waals surface area (Å²) in [5.41, 5.74) is 13.6. The van der Waals surface area contributed by atoms with Gasteiger partial charge in [0.2, 0.25) is 0 Å². The molecule has 0 saturated heterocycles. The van der Waals surface area contributed by atoms with Crippen molar-refractivity contribution < 1.29 is 0 Å². The van der Waals surface area contributed by atoms with Gasteiger partial charge in [0, 0.05) is 48.0 Å². The molecule has 9 aromatic rings. The number of para-hydroxylation sites is 1. The van der Waals surface area contributed by atoms with Gasteiger partial charge in [0.15, 0.2) is 0 Å². The van der Waals surface area contributed by atoms with E-state index in [0.29, 0.717) is 0 Å². The zero-order valence-electron chi connectivity index (χ0n) is 28.6. The quantitative estimate of drug-likeness (QED) is 0.176. The SMILES string of the molecule is CC1(C)c2ccccc2-c2ccc(N(c3ccccc3-c3cccc4c3sc3ccccc34)c3ccc4ccccc4c3-c3ccccc3)cc21. The Bertz CT molecular complexity index is 2790. The molecular weight excluding hydrogens is 635 g/mol. The molecule has 0 fully saturated rings. The monoisotopic (exact) mass is 669 g/mol. The van der Waals surface area contributed by atoms with Gasteiger partial charge in [0.25, 0.3) is 0 Å². The molecular formula is C49H35NS. The molecule has 1 heterocycles. The number of anilines is 3. The molecule has 0 spiro atoms. The van der Waals surface area contributed by atoms with Gasteiger partial charge in [-0.15, -0.1) is 11.3 Å². The Kier molecular flexibility index (Phi) is 6.78. The largest absolute Gasteiger partial charge is 0.309 e. The van der Waals surface area contributed by atoms with E-state index in [-0.39, 0.29) is 5.41 Å². The summed E-state index contributed by atoms with van der Waals surface area (Å²) in [5.74, 6) is 0. The zero-order valence-corrected chi connectivity index (χ0v) is 29.4. The van der Waals surface area contributed by atoms with Crippen LogP contribution in [0.4, 0.5) is 17.1 Å². The maximum atomic E-state index is 2.52. The van der Waals surface area contributed by atoms with Crippen molar-refractivity contribution in [1.82, 2.24) is 0 Å². The lowest BCUT2D eigenvalue weighted by atomic mass is 9.82. The Morgan fingerprint density at radius 2 is 1.12 bits per heavy atom. The molecule has 0 unspecified atom stereocenters. The third-order valence-corrected chi connectivity index (χ3v) is 12.1. The Morgan fingerprint density at radius 1 is 0.451 bits per heavy atom. The van der Waals surface area contributed by atoms with Crippen molar-refractivity contribution in [3.63, 3.8) is 0 Å². The van der Waals surface area contributed by atoms with Crippen LogP contribution in [0.15, 0.2) is 176 Å². The molecule has 8 aromatic carbocycles. The van der Waals surface area contributed by atoms with Gasteiger partial charge in [0.05, 0.1) is 11.4 Å². The van der Waals surface area contributed by atoms with Crippen LogP contribution >= 0.6 is 11.3 Å². The number of rotatable bonds is 5. The first-order valence-corrected chi connectivity index (χ1v) is 18.5. The van der Waals surface area contributed by atoms with E-state index in [4.69, 9.17) is 0 Å². The van der Waals surface area contributed by atoms with Crippen LogP contribution in [0.5, 0.6) is 0 Å². The Morgan fingerprint density at radius 3 is 2.00 bits per heavy atom. The fourth-order valence-electron chi connectivity index (χ4n) is 8.45. The summed E-state index contributed by atoms with van der Waals surface area (Å²) in [5, 5.41) is 5.09. The Balaban J connectivity index is 1.29. The normalized spacial score (nSPS) is 13.1. The zero-order chi connectivity index (χ0) is 34.1. The van der Waals surface area contributed by atoms with Crippen molar-refractivity contribution in [3.05, 3.63) is 187 Å². The molecule has 51 heavy (non-hydrogen) atoms.